The summed E-state index contributed by atoms with van der Waals surface area (Å²) in [6.45, 7) is 0.586. The molecule has 1 aromatic rings. The maximum atomic E-state index is 13.7. The molecule has 1 rings (SSSR count). The number of phenolic OH excluding ortho intramolecular Hbond substituents is 1. The molecular formula is C33H56N12O9S. The van der Waals surface area contributed by atoms with Crippen LogP contribution in [0.5, 0.6) is 5.75 Å². The number of aliphatic carboxylic acids is 1. The third kappa shape index (κ3) is 19.1. The van der Waals surface area contributed by atoms with E-state index in [0.29, 0.717) is 24.9 Å². The number of carbonyl (C=O) groups is 7. The van der Waals surface area contributed by atoms with Crippen molar-refractivity contribution in [3.63, 3.8) is 0 Å². The van der Waals surface area contributed by atoms with Crippen LogP contribution in [0.4, 0.5) is 0 Å². The summed E-state index contributed by atoms with van der Waals surface area (Å²) in [5.41, 5.74) is 28.0. The van der Waals surface area contributed by atoms with E-state index in [4.69, 9.17) is 34.1 Å². The van der Waals surface area contributed by atoms with Gasteiger partial charge < -0.3 is 70.8 Å². The number of hydrogen-bond acceptors (Lipinski definition) is 13. The van der Waals surface area contributed by atoms with E-state index in [2.05, 4.69) is 44.5 Å². The highest BCUT2D eigenvalue weighted by atomic mass is 32.1. The standard InChI is InChI=1S/C33H56N12O9S/c34-13-2-1-4-21(41-27(48)20(36)12-14-35)29(50)45-25(17-55)31(52)43-23(10-11-26(37)47)30(51)42-22(5-3-15-40-33(38)39)28(49)44-24(32(53)54)16-18-6-8-19(46)9-7-18/h6-9,20-25,46,55H,1-5,10-17,34-36H2,(H2,37,47)(H,41,48)(H,42,51)(H,43,52)(H,44,49)(H,45,50)(H,53,54)(H4,38,39,40)/t20-,21-,22-,23-,24-,25-/m0/s1. The Labute approximate surface area is 324 Å². The number of benzene rings is 1. The van der Waals surface area contributed by atoms with Crippen LogP contribution in [0.25, 0.3) is 0 Å². The highest BCUT2D eigenvalue weighted by molar-refractivity contribution is 7.80. The first-order chi connectivity index (χ1) is 26.0. The van der Waals surface area contributed by atoms with E-state index in [1.54, 1.807) is 0 Å². The number of guanidine groups is 1. The van der Waals surface area contributed by atoms with Crippen molar-refractivity contribution in [1.29, 1.82) is 5.41 Å². The Kier molecular flexibility index (Phi) is 22.4. The van der Waals surface area contributed by atoms with E-state index in [1.807, 2.05) is 0 Å². The van der Waals surface area contributed by atoms with Gasteiger partial charge in [0, 0.05) is 25.1 Å². The number of carboxylic acids is 1. The van der Waals surface area contributed by atoms with Gasteiger partial charge in [-0.1, -0.05) is 12.1 Å². The van der Waals surface area contributed by atoms with Gasteiger partial charge in [0.25, 0.3) is 0 Å². The minimum Gasteiger partial charge on any atom is -0.508 e. The Balaban J connectivity index is 3.24. The number of rotatable bonds is 27. The first kappa shape index (κ1) is 47.8. The van der Waals surface area contributed by atoms with Crippen molar-refractivity contribution in [2.45, 2.75) is 94.0 Å². The Morgan fingerprint density at radius 1 is 0.673 bits per heavy atom. The number of nitrogens with one attached hydrogen (secondary N) is 7. The third-order valence-corrected chi connectivity index (χ3v) is 8.50. The molecule has 0 bridgehead atoms. The fraction of sp³-hybridized carbons (Fsp3) is 0.576. The van der Waals surface area contributed by atoms with Crippen LogP contribution in [0.1, 0.15) is 56.9 Å². The molecule has 0 radical (unpaired) electrons. The second-order valence-electron chi connectivity index (χ2n) is 12.7. The first-order valence-electron chi connectivity index (χ1n) is 17.7. The molecule has 0 spiro atoms. The summed E-state index contributed by atoms with van der Waals surface area (Å²) in [5.74, 6) is -6.93. The zero-order valence-corrected chi connectivity index (χ0v) is 31.4. The number of carboxylic acid groups (broad SMARTS) is 1. The molecule has 0 aliphatic heterocycles. The Bertz CT molecular complexity index is 1450. The lowest BCUT2D eigenvalue weighted by Gasteiger charge is -2.27. The summed E-state index contributed by atoms with van der Waals surface area (Å²) in [4.78, 5) is 90.3. The molecule has 0 fully saturated rings. The van der Waals surface area contributed by atoms with Crippen LogP contribution in [0.3, 0.4) is 0 Å². The van der Waals surface area contributed by atoms with E-state index >= 15 is 0 Å². The highest BCUT2D eigenvalue weighted by Crippen LogP contribution is 2.12. The summed E-state index contributed by atoms with van der Waals surface area (Å²) < 4.78 is 0. The number of nitrogens with two attached hydrogens (primary N) is 5. The molecule has 0 saturated heterocycles. The van der Waals surface area contributed by atoms with E-state index in [1.165, 1.54) is 24.3 Å². The van der Waals surface area contributed by atoms with E-state index in [-0.39, 0.29) is 75.5 Å². The fourth-order valence-corrected chi connectivity index (χ4v) is 5.31. The van der Waals surface area contributed by atoms with Crippen LogP contribution in [0.2, 0.25) is 0 Å². The van der Waals surface area contributed by atoms with Gasteiger partial charge in [0.1, 0.15) is 36.0 Å². The van der Waals surface area contributed by atoms with Crippen molar-refractivity contribution < 1.29 is 43.8 Å². The molecule has 0 aliphatic carbocycles. The minimum atomic E-state index is -1.48. The van der Waals surface area contributed by atoms with Crippen molar-refractivity contribution in [2.75, 3.05) is 25.4 Å². The first-order valence-corrected chi connectivity index (χ1v) is 18.3. The number of thiol groups is 1. The van der Waals surface area contributed by atoms with Gasteiger partial charge in [0.2, 0.25) is 35.4 Å². The average Bonchev–Trinajstić information content (AvgIpc) is 3.13. The van der Waals surface area contributed by atoms with Gasteiger partial charge >= 0.3 is 5.97 Å². The lowest BCUT2D eigenvalue weighted by molar-refractivity contribution is -0.142. The van der Waals surface area contributed by atoms with Crippen molar-refractivity contribution in [1.82, 2.24) is 31.9 Å². The monoisotopic (exact) mass is 796 g/mol. The van der Waals surface area contributed by atoms with Gasteiger partial charge in [-0.3, -0.25) is 34.2 Å². The maximum Gasteiger partial charge on any atom is 0.326 e. The third-order valence-electron chi connectivity index (χ3n) is 8.13. The molecule has 6 amide bonds. The second kappa shape index (κ2) is 25.8. The quantitative estimate of drug-likeness (QED) is 0.0173. The largest absolute Gasteiger partial charge is 0.508 e. The number of phenols is 1. The zero-order valence-electron chi connectivity index (χ0n) is 30.6. The summed E-state index contributed by atoms with van der Waals surface area (Å²) in [6, 6.07) is -2.07. The van der Waals surface area contributed by atoms with E-state index < -0.39 is 77.7 Å². The van der Waals surface area contributed by atoms with Gasteiger partial charge in [0.15, 0.2) is 5.96 Å². The summed E-state index contributed by atoms with van der Waals surface area (Å²) in [7, 11) is 0. The normalized spacial score (nSPS) is 14.1. The maximum absolute atomic E-state index is 13.7. The molecule has 0 aliphatic rings. The summed E-state index contributed by atoms with van der Waals surface area (Å²) in [5, 5.41) is 41.7. The van der Waals surface area contributed by atoms with E-state index in [0.717, 1.165) is 0 Å². The van der Waals surface area contributed by atoms with Gasteiger partial charge in [-0.25, -0.2) is 4.79 Å². The van der Waals surface area contributed by atoms with Gasteiger partial charge in [-0.2, -0.15) is 12.6 Å². The summed E-state index contributed by atoms with van der Waals surface area (Å²) >= 11 is 4.17. The lowest BCUT2D eigenvalue weighted by atomic mass is 10.0. The number of amides is 6. The Morgan fingerprint density at radius 3 is 1.65 bits per heavy atom. The number of unbranched alkanes of at least 4 members (excludes halogenated alkanes) is 1. The number of hydrogen-bond donors (Lipinski definition) is 15. The molecule has 0 aromatic heterocycles. The highest BCUT2D eigenvalue weighted by Gasteiger charge is 2.32. The van der Waals surface area contributed by atoms with Crippen molar-refractivity contribution >= 4 is 60.0 Å². The fourth-order valence-electron chi connectivity index (χ4n) is 5.06. The number of carbonyl (C=O) groups excluding carboxylic acids is 6. The van der Waals surface area contributed by atoms with Gasteiger partial charge in [0.05, 0.1) is 6.04 Å². The van der Waals surface area contributed by atoms with Gasteiger partial charge in [-0.05, 0) is 75.7 Å². The predicted octanol–water partition coefficient (Wildman–Crippen LogP) is -4.29. The molecule has 19 N–H and O–H groups in total. The Hall–Kier alpha value is -5.19. The smallest absolute Gasteiger partial charge is 0.326 e. The molecule has 22 heteroatoms. The number of aromatic hydroxyl groups is 1. The number of primary amides is 1. The molecular weight excluding hydrogens is 741 g/mol. The molecule has 0 heterocycles. The predicted molar refractivity (Wildman–Crippen MR) is 205 cm³/mol. The topological polar surface area (TPSA) is 386 Å². The SMILES string of the molecule is N=C(N)NCCC[C@H](NC(=O)[C@H](CCC(N)=O)NC(=O)[C@H](CS)NC(=O)[C@H](CCCCN)NC(=O)[C@@H](N)CCN)C(=O)N[C@@H](Cc1ccc(O)cc1)C(=O)O. The van der Waals surface area contributed by atoms with Crippen molar-refractivity contribution in [2.24, 2.45) is 28.7 Å². The van der Waals surface area contributed by atoms with Crippen LogP contribution < -0.4 is 60.6 Å². The van der Waals surface area contributed by atoms with E-state index in [9.17, 15) is 43.8 Å². The van der Waals surface area contributed by atoms with Crippen molar-refractivity contribution in [3.05, 3.63) is 29.8 Å². The molecule has 6 atom stereocenters. The van der Waals surface area contributed by atoms with Crippen molar-refractivity contribution in [3.8, 4) is 5.75 Å². The zero-order chi connectivity index (χ0) is 41.5. The molecule has 55 heavy (non-hydrogen) atoms. The minimum absolute atomic E-state index is 0.0436. The molecule has 0 saturated carbocycles. The van der Waals surface area contributed by atoms with Crippen LogP contribution in [0.15, 0.2) is 24.3 Å². The van der Waals surface area contributed by atoms with Crippen LogP contribution >= 0.6 is 12.6 Å². The second-order valence-corrected chi connectivity index (χ2v) is 13.0. The molecule has 1 aromatic carbocycles. The van der Waals surface area contributed by atoms with Gasteiger partial charge in [-0.15, -0.1) is 0 Å². The summed E-state index contributed by atoms with van der Waals surface area (Å²) in [6.07, 6.45) is 0.550. The van der Waals surface area contributed by atoms with Crippen LogP contribution in [-0.4, -0.2) is 119 Å². The van der Waals surface area contributed by atoms with Crippen LogP contribution in [0, 0.1) is 5.41 Å². The lowest BCUT2D eigenvalue weighted by Crippen LogP contribution is -2.60. The molecule has 0 unspecified atom stereocenters. The van der Waals surface area contributed by atoms with Crippen LogP contribution in [-0.2, 0) is 40.0 Å². The molecule has 21 nitrogen and oxygen atoms in total. The molecule has 308 valence electrons. The Morgan fingerprint density at radius 2 is 1.16 bits per heavy atom. The average molecular weight is 797 g/mol.